The number of rotatable bonds is 5. The average Bonchev–Trinajstić information content (AvgIpc) is 3.16. The predicted octanol–water partition coefficient (Wildman–Crippen LogP) is 5.00. The minimum atomic E-state index is -0.0792. The largest absolute Gasteiger partial charge is 0.344 e. The van der Waals surface area contributed by atoms with E-state index < -0.39 is 0 Å². The molecular formula is C23H26N4OS. The van der Waals surface area contributed by atoms with Crippen LogP contribution in [0.3, 0.4) is 0 Å². The number of carbonyl (C=O) groups excluding carboxylic acids is 1. The van der Waals surface area contributed by atoms with E-state index in [0.29, 0.717) is 5.82 Å². The predicted molar refractivity (Wildman–Crippen MR) is 116 cm³/mol. The Morgan fingerprint density at radius 2 is 2.03 bits per heavy atom. The zero-order chi connectivity index (χ0) is 20.4. The highest BCUT2D eigenvalue weighted by Crippen LogP contribution is 2.40. The Labute approximate surface area is 175 Å². The van der Waals surface area contributed by atoms with Crippen LogP contribution in [0.25, 0.3) is 11.4 Å². The van der Waals surface area contributed by atoms with Crippen LogP contribution in [0.5, 0.6) is 0 Å². The summed E-state index contributed by atoms with van der Waals surface area (Å²) in [4.78, 5) is 28.4. The summed E-state index contributed by atoms with van der Waals surface area (Å²) in [5.74, 6) is 0.695. The molecule has 1 N–H and O–H groups in total. The van der Waals surface area contributed by atoms with Crippen molar-refractivity contribution in [3.63, 3.8) is 0 Å². The highest BCUT2D eigenvalue weighted by Gasteiger charge is 2.34. The number of carbonyl (C=O) groups is 1. The standard InChI is InChI=1S/C23H26N4OS/c1-4-5-16-6-7-20(29-16)22(28)27-19-13-23(2,3)12-18-17(19)14-25-21(26-18)15-8-10-24-11-9-15/h6-11,14,19H,4-5,12-13H2,1-3H3,(H,27,28). The van der Waals surface area contributed by atoms with Crippen LogP contribution >= 0.6 is 11.3 Å². The molecule has 6 heteroatoms. The molecule has 3 heterocycles. The van der Waals surface area contributed by atoms with Gasteiger partial charge in [0, 0.05) is 34.6 Å². The summed E-state index contributed by atoms with van der Waals surface area (Å²) in [6, 6.07) is 7.75. The van der Waals surface area contributed by atoms with Gasteiger partial charge in [0.15, 0.2) is 5.82 Å². The Balaban J connectivity index is 1.60. The summed E-state index contributed by atoms with van der Waals surface area (Å²) in [5, 5.41) is 3.24. The minimum absolute atomic E-state index is 0.00999. The van der Waals surface area contributed by atoms with Crippen LogP contribution in [0.15, 0.2) is 42.9 Å². The van der Waals surface area contributed by atoms with Crippen molar-refractivity contribution >= 4 is 17.2 Å². The van der Waals surface area contributed by atoms with Crippen LogP contribution in [0, 0.1) is 5.41 Å². The van der Waals surface area contributed by atoms with E-state index in [-0.39, 0.29) is 17.4 Å². The molecule has 1 aliphatic carbocycles. The summed E-state index contributed by atoms with van der Waals surface area (Å²) in [5.41, 5.74) is 3.05. The van der Waals surface area contributed by atoms with Gasteiger partial charge in [-0.05, 0) is 48.9 Å². The van der Waals surface area contributed by atoms with Crippen molar-refractivity contribution in [2.45, 2.75) is 52.5 Å². The molecule has 0 saturated carbocycles. The third-order valence-electron chi connectivity index (χ3n) is 5.30. The summed E-state index contributed by atoms with van der Waals surface area (Å²) >= 11 is 1.59. The molecule has 0 aromatic carbocycles. The first-order valence-electron chi connectivity index (χ1n) is 10.1. The van der Waals surface area contributed by atoms with Gasteiger partial charge in [0.25, 0.3) is 5.91 Å². The number of aryl methyl sites for hydroxylation is 1. The molecule has 150 valence electrons. The number of fused-ring (bicyclic) bond motifs is 1. The summed E-state index contributed by atoms with van der Waals surface area (Å²) < 4.78 is 0. The van der Waals surface area contributed by atoms with E-state index in [9.17, 15) is 4.79 Å². The zero-order valence-corrected chi connectivity index (χ0v) is 17.9. The van der Waals surface area contributed by atoms with Crippen molar-refractivity contribution in [2.75, 3.05) is 0 Å². The van der Waals surface area contributed by atoms with Gasteiger partial charge in [-0.15, -0.1) is 11.3 Å². The van der Waals surface area contributed by atoms with E-state index in [1.807, 2.05) is 24.4 Å². The molecule has 0 aliphatic heterocycles. The Kier molecular flexibility index (Phi) is 5.46. The fourth-order valence-corrected chi connectivity index (χ4v) is 4.94. The van der Waals surface area contributed by atoms with Crippen molar-refractivity contribution in [1.29, 1.82) is 0 Å². The first kappa shape index (κ1) is 19.7. The maximum absolute atomic E-state index is 12.9. The number of aromatic nitrogens is 3. The van der Waals surface area contributed by atoms with E-state index in [2.05, 4.69) is 42.1 Å². The molecule has 0 radical (unpaired) electrons. The Hall–Kier alpha value is -2.60. The molecule has 4 rings (SSSR count). The van der Waals surface area contributed by atoms with E-state index in [1.54, 1.807) is 23.7 Å². The monoisotopic (exact) mass is 406 g/mol. The number of thiophene rings is 1. The van der Waals surface area contributed by atoms with Gasteiger partial charge in [0.05, 0.1) is 16.6 Å². The van der Waals surface area contributed by atoms with Crippen molar-refractivity contribution in [3.8, 4) is 11.4 Å². The lowest BCUT2D eigenvalue weighted by Crippen LogP contribution is -2.37. The number of amides is 1. The lowest BCUT2D eigenvalue weighted by molar-refractivity contribution is 0.0923. The number of pyridine rings is 1. The van der Waals surface area contributed by atoms with Gasteiger partial charge in [-0.1, -0.05) is 27.2 Å². The van der Waals surface area contributed by atoms with Crippen LogP contribution in [-0.2, 0) is 12.8 Å². The average molecular weight is 407 g/mol. The molecule has 0 saturated heterocycles. The van der Waals surface area contributed by atoms with Gasteiger partial charge in [0.2, 0.25) is 0 Å². The van der Waals surface area contributed by atoms with Crippen LogP contribution < -0.4 is 5.32 Å². The lowest BCUT2D eigenvalue weighted by Gasteiger charge is -2.36. The van der Waals surface area contributed by atoms with E-state index in [0.717, 1.165) is 47.4 Å². The molecule has 0 bridgehead atoms. The quantitative estimate of drug-likeness (QED) is 0.648. The second-order valence-electron chi connectivity index (χ2n) is 8.42. The van der Waals surface area contributed by atoms with Gasteiger partial charge >= 0.3 is 0 Å². The molecule has 5 nitrogen and oxygen atoms in total. The van der Waals surface area contributed by atoms with E-state index in [4.69, 9.17) is 4.98 Å². The van der Waals surface area contributed by atoms with Crippen molar-refractivity contribution < 1.29 is 4.79 Å². The maximum atomic E-state index is 12.9. The Morgan fingerprint density at radius 1 is 1.24 bits per heavy atom. The van der Waals surface area contributed by atoms with Crippen LogP contribution in [0.4, 0.5) is 0 Å². The molecule has 3 aromatic rings. The molecule has 0 spiro atoms. The fraction of sp³-hybridized carbons (Fsp3) is 0.391. The van der Waals surface area contributed by atoms with Gasteiger partial charge in [-0.2, -0.15) is 0 Å². The van der Waals surface area contributed by atoms with Crippen molar-refractivity contribution in [1.82, 2.24) is 20.3 Å². The summed E-state index contributed by atoms with van der Waals surface area (Å²) in [6.07, 6.45) is 9.23. The third kappa shape index (κ3) is 4.37. The summed E-state index contributed by atoms with van der Waals surface area (Å²) in [6.45, 7) is 6.61. The highest BCUT2D eigenvalue weighted by molar-refractivity contribution is 7.14. The maximum Gasteiger partial charge on any atom is 0.261 e. The second-order valence-corrected chi connectivity index (χ2v) is 9.59. The first-order valence-corrected chi connectivity index (χ1v) is 10.9. The Bertz CT molecular complexity index is 1010. The van der Waals surface area contributed by atoms with Gasteiger partial charge in [0.1, 0.15) is 0 Å². The van der Waals surface area contributed by atoms with E-state index in [1.165, 1.54) is 4.88 Å². The molecule has 1 atom stereocenters. The van der Waals surface area contributed by atoms with Crippen molar-refractivity contribution in [2.24, 2.45) is 5.41 Å². The van der Waals surface area contributed by atoms with Crippen LogP contribution in [0.2, 0.25) is 0 Å². The molecular weight excluding hydrogens is 380 g/mol. The normalized spacial score (nSPS) is 17.6. The molecule has 1 aliphatic rings. The van der Waals surface area contributed by atoms with E-state index >= 15 is 0 Å². The molecule has 1 amide bonds. The first-order chi connectivity index (χ1) is 13.9. The topological polar surface area (TPSA) is 67.8 Å². The molecule has 0 fully saturated rings. The lowest BCUT2D eigenvalue weighted by atomic mass is 9.74. The van der Waals surface area contributed by atoms with Gasteiger partial charge < -0.3 is 5.32 Å². The highest BCUT2D eigenvalue weighted by atomic mass is 32.1. The molecule has 1 unspecified atom stereocenters. The SMILES string of the molecule is CCCc1ccc(C(=O)NC2CC(C)(C)Cc3nc(-c4ccncc4)ncc32)s1. The summed E-state index contributed by atoms with van der Waals surface area (Å²) in [7, 11) is 0. The van der Waals surface area contributed by atoms with Crippen LogP contribution in [-0.4, -0.2) is 20.9 Å². The fourth-order valence-electron chi connectivity index (χ4n) is 3.93. The zero-order valence-electron chi connectivity index (χ0n) is 17.1. The second kappa shape index (κ2) is 8.03. The number of nitrogens with one attached hydrogen (secondary N) is 1. The number of hydrogen-bond donors (Lipinski definition) is 1. The molecule has 29 heavy (non-hydrogen) atoms. The number of hydrogen-bond acceptors (Lipinski definition) is 5. The minimum Gasteiger partial charge on any atom is -0.344 e. The third-order valence-corrected chi connectivity index (χ3v) is 6.45. The Morgan fingerprint density at radius 3 is 2.79 bits per heavy atom. The number of nitrogens with zero attached hydrogens (tertiary/aromatic N) is 3. The van der Waals surface area contributed by atoms with Crippen LogP contribution in [0.1, 0.15) is 65.5 Å². The van der Waals surface area contributed by atoms with Gasteiger partial charge in [-0.3, -0.25) is 9.78 Å². The molecule has 3 aromatic heterocycles. The van der Waals surface area contributed by atoms with Gasteiger partial charge in [-0.25, -0.2) is 9.97 Å². The van der Waals surface area contributed by atoms with Crippen molar-refractivity contribution in [3.05, 3.63) is 63.9 Å². The smallest absolute Gasteiger partial charge is 0.261 e.